The van der Waals surface area contributed by atoms with E-state index in [2.05, 4.69) is 10.3 Å². The van der Waals surface area contributed by atoms with Crippen LogP contribution in [0, 0.1) is 0 Å². The standard InChI is InChI=1S/C19H18N2O3S3/c22-17(20-10-11-25-14-6-2-1-3-7-14)12-24-18(23)13-26-19-21-15-8-4-5-9-16(15)27-19/h1-9H,10-13H2,(H,20,22). The highest BCUT2D eigenvalue weighted by molar-refractivity contribution is 8.01. The van der Waals surface area contributed by atoms with Gasteiger partial charge in [-0.2, -0.15) is 0 Å². The third kappa shape index (κ3) is 6.57. The highest BCUT2D eigenvalue weighted by Gasteiger charge is 2.10. The molecule has 1 amide bonds. The number of thiazole rings is 1. The van der Waals surface area contributed by atoms with Gasteiger partial charge in [0.2, 0.25) is 0 Å². The zero-order valence-electron chi connectivity index (χ0n) is 14.4. The zero-order chi connectivity index (χ0) is 18.9. The molecule has 0 saturated heterocycles. The first-order valence-electron chi connectivity index (χ1n) is 8.29. The Morgan fingerprint density at radius 2 is 1.81 bits per heavy atom. The molecule has 0 fully saturated rings. The normalized spacial score (nSPS) is 10.7. The van der Waals surface area contributed by atoms with Crippen LogP contribution >= 0.6 is 34.9 Å². The van der Waals surface area contributed by atoms with Crippen molar-refractivity contribution in [2.24, 2.45) is 0 Å². The van der Waals surface area contributed by atoms with Gasteiger partial charge in [-0.25, -0.2) is 4.98 Å². The summed E-state index contributed by atoms with van der Waals surface area (Å²) in [5.74, 6) is 0.184. The Bertz CT molecular complexity index is 866. The maximum Gasteiger partial charge on any atom is 0.316 e. The molecule has 0 aliphatic heterocycles. The van der Waals surface area contributed by atoms with Crippen LogP contribution in [0.4, 0.5) is 0 Å². The molecule has 140 valence electrons. The lowest BCUT2D eigenvalue weighted by Gasteiger charge is -2.06. The number of hydrogen-bond acceptors (Lipinski definition) is 7. The van der Waals surface area contributed by atoms with Crippen molar-refractivity contribution in [1.29, 1.82) is 0 Å². The number of carbonyl (C=O) groups excluding carboxylic acids is 2. The van der Waals surface area contributed by atoms with Gasteiger partial charge < -0.3 is 10.1 Å². The Morgan fingerprint density at radius 1 is 1.04 bits per heavy atom. The number of rotatable bonds is 9. The van der Waals surface area contributed by atoms with Crippen molar-refractivity contribution < 1.29 is 14.3 Å². The van der Waals surface area contributed by atoms with Crippen LogP contribution in [0.5, 0.6) is 0 Å². The topological polar surface area (TPSA) is 68.3 Å². The summed E-state index contributed by atoms with van der Waals surface area (Å²) in [7, 11) is 0. The molecule has 1 heterocycles. The van der Waals surface area contributed by atoms with Crippen molar-refractivity contribution in [2.75, 3.05) is 24.7 Å². The van der Waals surface area contributed by atoms with Crippen molar-refractivity contribution >= 4 is 57.0 Å². The average Bonchev–Trinajstić information content (AvgIpc) is 3.12. The first-order valence-corrected chi connectivity index (χ1v) is 11.1. The molecule has 0 unspecified atom stereocenters. The van der Waals surface area contributed by atoms with Crippen LogP contribution in [0.2, 0.25) is 0 Å². The van der Waals surface area contributed by atoms with Gasteiger partial charge in [0.05, 0.1) is 16.0 Å². The van der Waals surface area contributed by atoms with Gasteiger partial charge in [0.1, 0.15) is 0 Å². The second-order valence-electron chi connectivity index (χ2n) is 5.41. The van der Waals surface area contributed by atoms with E-state index in [4.69, 9.17) is 4.74 Å². The first kappa shape index (κ1) is 19.7. The van der Waals surface area contributed by atoms with Crippen molar-refractivity contribution in [1.82, 2.24) is 10.3 Å². The van der Waals surface area contributed by atoms with Gasteiger partial charge in [-0.1, -0.05) is 42.1 Å². The molecular formula is C19H18N2O3S3. The minimum absolute atomic E-state index is 0.136. The molecule has 3 rings (SSSR count). The number of aromatic nitrogens is 1. The number of thioether (sulfide) groups is 2. The van der Waals surface area contributed by atoms with Gasteiger partial charge in [-0.3, -0.25) is 9.59 Å². The van der Waals surface area contributed by atoms with E-state index in [0.717, 1.165) is 25.2 Å². The Balaban J connectivity index is 1.29. The van der Waals surface area contributed by atoms with E-state index in [-0.39, 0.29) is 18.3 Å². The Kier molecular flexibility index (Phi) is 7.55. The molecule has 0 aliphatic carbocycles. The smallest absolute Gasteiger partial charge is 0.316 e. The predicted molar refractivity (Wildman–Crippen MR) is 111 cm³/mol. The minimum Gasteiger partial charge on any atom is -0.455 e. The third-order valence-corrected chi connectivity index (χ3v) is 6.55. The summed E-state index contributed by atoms with van der Waals surface area (Å²) in [6.07, 6.45) is 0. The van der Waals surface area contributed by atoms with Gasteiger partial charge in [-0.15, -0.1) is 23.1 Å². The third-order valence-electron chi connectivity index (χ3n) is 3.39. The van der Waals surface area contributed by atoms with Crippen LogP contribution in [0.25, 0.3) is 10.2 Å². The lowest BCUT2D eigenvalue weighted by molar-refractivity contribution is -0.145. The molecule has 5 nitrogen and oxygen atoms in total. The SMILES string of the molecule is O=C(COC(=O)CSc1nc2ccccc2s1)NCCSc1ccccc1. The lowest BCUT2D eigenvalue weighted by Crippen LogP contribution is -2.30. The quantitative estimate of drug-likeness (QED) is 0.323. The molecule has 27 heavy (non-hydrogen) atoms. The van der Waals surface area contributed by atoms with E-state index in [9.17, 15) is 9.59 Å². The number of amides is 1. The van der Waals surface area contributed by atoms with E-state index in [1.165, 1.54) is 23.1 Å². The number of esters is 1. The van der Waals surface area contributed by atoms with Crippen molar-refractivity contribution in [3.63, 3.8) is 0 Å². The largest absolute Gasteiger partial charge is 0.455 e. The number of para-hydroxylation sites is 1. The molecule has 0 saturated carbocycles. The molecule has 0 spiro atoms. The summed E-state index contributed by atoms with van der Waals surface area (Å²) < 4.78 is 6.91. The molecule has 1 N–H and O–H groups in total. The van der Waals surface area contributed by atoms with Crippen LogP contribution in [-0.2, 0) is 14.3 Å². The van der Waals surface area contributed by atoms with Gasteiger partial charge >= 0.3 is 5.97 Å². The number of hydrogen-bond donors (Lipinski definition) is 1. The summed E-state index contributed by atoms with van der Waals surface area (Å²) in [6.45, 7) is 0.269. The molecule has 0 atom stereocenters. The van der Waals surface area contributed by atoms with Crippen molar-refractivity contribution in [2.45, 2.75) is 9.24 Å². The zero-order valence-corrected chi connectivity index (χ0v) is 16.9. The number of ether oxygens (including phenoxy) is 1. The number of fused-ring (bicyclic) bond motifs is 1. The highest BCUT2D eigenvalue weighted by atomic mass is 32.2. The summed E-state index contributed by atoms with van der Waals surface area (Å²) in [5.41, 5.74) is 0.922. The van der Waals surface area contributed by atoms with Gasteiger partial charge in [0, 0.05) is 17.2 Å². The second kappa shape index (κ2) is 10.3. The Morgan fingerprint density at radius 3 is 2.63 bits per heavy atom. The predicted octanol–water partition coefficient (Wildman–Crippen LogP) is 3.84. The molecule has 8 heteroatoms. The summed E-state index contributed by atoms with van der Waals surface area (Å²) in [5, 5.41) is 2.75. The summed E-state index contributed by atoms with van der Waals surface area (Å²) >= 11 is 4.52. The Hall–Kier alpha value is -2.03. The van der Waals surface area contributed by atoms with Crippen LogP contribution in [0.3, 0.4) is 0 Å². The van der Waals surface area contributed by atoms with Crippen LogP contribution in [-0.4, -0.2) is 41.5 Å². The second-order valence-corrected chi connectivity index (χ2v) is 8.83. The molecular weight excluding hydrogens is 400 g/mol. The van der Waals surface area contributed by atoms with Gasteiger partial charge in [0.25, 0.3) is 5.91 Å². The van der Waals surface area contributed by atoms with E-state index in [0.29, 0.717) is 6.54 Å². The minimum atomic E-state index is -0.423. The maximum absolute atomic E-state index is 11.8. The van der Waals surface area contributed by atoms with Crippen LogP contribution in [0.15, 0.2) is 63.8 Å². The van der Waals surface area contributed by atoms with E-state index >= 15 is 0 Å². The lowest BCUT2D eigenvalue weighted by atomic mass is 10.3. The fourth-order valence-corrected chi connectivity index (χ4v) is 4.80. The van der Waals surface area contributed by atoms with E-state index < -0.39 is 5.97 Å². The number of nitrogens with zero attached hydrogens (tertiary/aromatic N) is 1. The van der Waals surface area contributed by atoms with Gasteiger partial charge in [0.15, 0.2) is 10.9 Å². The first-order chi connectivity index (χ1) is 13.2. The number of nitrogens with one attached hydrogen (secondary N) is 1. The highest BCUT2D eigenvalue weighted by Crippen LogP contribution is 2.29. The molecule has 0 bridgehead atoms. The molecule has 1 aromatic heterocycles. The number of benzene rings is 2. The molecule has 3 aromatic rings. The summed E-state index contributed by atoms with van der Waals surface area (Å²) in [4.78, 5) is 29.1. The number of carbonyl (C=O) groups is 2. The monoisotopic (exact) mass is 418 g/mol. The fourth-order valence-electron chi connectivity index (χ4n) is 2.15. The van der Waals surface area contributed by atoms with E-state index in [1.807, 2.05) is 54.6 Å². The fraction of sp³-hybridized carbons (Fsp3) is 0.211. The summed E-state index contributed by atoms with van der Waals surface area (Å²) in [6, 6.07) is 17.8. The van der Waals surface area contributed by atoms with Crippen LogP contribution in [0.1, 0.15) is 0 Å². The van der Waals surface area contributed by atoms with E-state index in [1.54, 1.807) is 11.8 Å². The average molecular weight is 419 g/mol. The Labute approximate surface area is 169 Å². The van der Waals surface area contributed by atoms with Crippen LogP contribution < -0.4 is 5.32 Å². The molecule has 0 radical (unpaired) electrons. The van der Waals surface area contributed by atoms with Crippen molar-refractivity contribution in [3.8, 4) is 0 Å². The van der Waals surface area contributed by atoms with Crippen molar-refractivity contribution in [3.05, 3.63) is 54.6 Å². The molecule has 0 aliphatic rings. The maximum atomic E-state index is 11.8. The van der Waals surface area contributed by atoms with Gasteiger partial charge in [-0.05, 0) is 24.3 Å². The molecule has 2 aromatic carbocycles.